The Bertz CT molecular complexity index is 483. The lowest BCUT2D eigenvalue weighted by Gasteiger charge is -2.40. The van der Waals surface area contributed by atoms with Gasteiger partial charge in [-0.3, -0.25) is 9.80 Å². The number of nitrogens with one attached hydrogen (secondary N) is 2. The molecule has 11 heteroatoms. The fourth-order valence-electron chi connectivity index (χ4n) is 4.16. The van der Waals surface area contributed by atoms with E-state index < -0.39 is 0 Å². The SMILES string of the molecule is CC(C(=O)ONC(=O)N1CCN(C2CCNCC2)CC1)N1CCCCC1.Cl.Cl.Cl. The summed E-state index contributed by atoms with van der Waals surface area (Å²) in [5.74, 6) is -0.381. The average Bonchev–Trinajstić information content (AvgIpc) is 2.72. The summed E-state index contributed by atoms with van der Waals surface area (Å²) in [5.41, 5.74) is 2.35. The molecule has 0 aromatic heterocycles. The first-order chi connectivity index (χ1) is 12.6. The van der Waals surface area contributed by atoms with Crippen molar-refractivity contribution in [3.05, 3.63) is 0 Å². The number of amides is 2. The molecule has 172 valence electrons. The Balaban J connectivity index is 0.00000261. The lowest BCUT2D eigenvalue weighted by atomic mass is 10.0. The van der Waals surface area contributed by atoms with Crippen LogP contribution in [0.25, 0.3) is 0 Å². The molecule has 1 unspecified atom stereocenters. The molecule has 2 N–H and O–H groups in total. The number of likely N-dealkylation sites (tertiary alicyclic amines) is 1. The first-order valence-electron chi connectivity index (χ1n) is 10.1. The minimum Gasteiger partial charge on any atom is -0.338 e. The Morgan fingerprint density at radius 1 is 0.931 bits per heavy atom. The summed E-state index contributed by atoms with van der Waals surface area (Å²) in [7, 11) is 0. The Labute approximate surface area is 192 Å². The summed E-state index contributed by atoms with van der Waals surface area (Å²) in [6.07, 6.45) is 5.81. The Morgan fingerprint density at radius 3 is 2.10 bits per heavy atom. The van der Waals surface area contributed by atoms with E-state index in [4.69, 9.17) is 4.84 Å². The standard InChI is InChI=1S/C18H33N5O3.3ClH/c1-15(21-9-3-2-4-10-21)17(24)26-20-18(25)23-13-11-22(12-14-23)16-5-7-19-8-6-16;;;/h15-16,19H,2-14H2,1H3,(H,20,25);3*1H. The molecule has 0 aromatic rings. The topological polar surface area (TPSA) is 77.1 Å². The van der Waals surface area contributed by atoms with Crippen molar-refractivity contribution in [2.75, 3.05) is 52.4 Å². The van der Waals surface area contributed by atoms with Crippen LogP contribution in [0.5, 0.6) is 0 Å². The number of urea groups is 1. The second kappa shape index (κ2) is 14.5. The number of hydrogen-bond donors (Lipinski definition) is 2. The van der Waals surface area contributed by atoms with Gasteiger partial charge in [-0.2, -0.15) is 5.48 Å². The van der Waals surface area contributed by atoms with Gasteiger partial charge in [0.05, 0.1) is 0 Å². The first kappa shape index (κ1) is 28.5. The maximum atomic E-state index is 12.3. The Morgan fingerprint density at radius 2 is 1.52 bits per heavy atom. The molecule has 29 heavy (non-hydrogen) atoms. The van der Waals surface area contributed by atoms with Crippen LogP contribution in [-0.4, -0.2) is 91.1 Å². The van der Waals surface area contributed by atoms with Crippen LogP contribution < -0.4 is 10.8 Å². The molecule has 2 amide bonds. The molecule has 0 spiro atoms. The number of carbonyl (C=O) groups is 2. The van der Waals surface area contributed by atoms with Crippen molar-refractivity contribution >= 4 is 49.2 Å². The van der Waals surface area contributed by atoms with Crippen molar-refractivity contribution in [3.8, 4) is 0 Å². The summed E-state index contributed by atoms with van der Waals surface area (Å²) in [6, 6.07) is 0.00574. The molecule has 0 aromatic carbocycles. The van der Waals surface area contributed by atoms with Gasteiger partial charge in [0.15, 0.2) is 0 Å². The highest BCUT2D eigenvalue weighted by atomic mass is 35.5. The molecule has 0 aliphatic carbocycles. The van der Waals surface area contributed by atoms with Gasteiger partial charge in [-0.25, -0.2) is 9.59 Å². The summed E-state index contributed by atoms with van der Waals surface area (Å²) in [4.78, 5) is 35.9. The van der Waals surface area contributed by atoms with E-state index in [0.29, 0.717) is 19.1 Å². The van der Waals surface area contributed by atoms with E-state index in [2.05, 4.69) is 20.6 Å². The summed E-state index contributed by atoms with van der Waals surface area (Å²) >= 11 is 0. The number of hydroxylamine groups is 1. The lowest BCUT2D eigenvalue weighted by Crippen LogP contribution is -2.56. The minimum absolute atomic E-state index is 0. The van der Waals surface area contributed by atoms with Crippen LogP contribution in [0.3, 0.4) is 0 Å². The summed E-state index contributed by atoms with van der Waals surface area (Å²) in [6.45, 7) is 8.97. The van der Waals surface area contributed by atoms with Crippen molar-refractivity contribution in [3.63, 3.8) is 0 Å². The van der Waals surface area contributed by atoms with Crippen LogP contribution >= 0.6 is 37.2 Å². The Kier molecular flexibility index (Phi) is 14.2. The third kappa shape index (κ3) is 8.26. The van der Waals surface area contributed by atoms with Crippen molar-refractivity contribution < 1.29 is 14.4 Å². The van der Waals surface area contributed by atoms with Gasteiger partial charge in [0.1, 0.15) is 6.04 Å². The molecular weight excluding hydrogens is 441 g/mol. The van der Waals surface area contributed by atoms with Gasteiger partial charge in [-0.1, -0.05) is 6.42 Å². The maximum Gasteiger partial charge on any atom is 0.350 e. The normalized spacial score (nSPS) is 22.3. The number of nitrogens with zero attached hydrogens (tertiary/aromatic N) is 3. The number of rotatable bonds is 3. The van der Waals surface area contributed by atoms with Crippen LogP contribution in [0.15, 0.2) is 0 Å². The van der Waals surface area contributed by atoms with Crippen molar-refractivity contribution in [2.24, 2.45) is 0 Å². The van der Waals surface area contributed by atoms with Gasteiger partial charge < -0.3 is 15.1 Å². The van der Waals surface area contributed by atoms with Gasteiger partial charge in [0.2, 0.25) is 0 Å². The average molecular weight is 477 g/mol. The molecule has 3 rings (SSSR count). The first-order valence-corrected chi connectivity index (χ1v) is 10.1. The fraction of sp³-hybridized carbons (Fsp3) is 0.889. The number of piperazine rings is 1. The zero-order valence-corrected chi connectivity index (χ0v) is 19.6. The van der Waals surface area contributed by atoms with Crippen molar-refractivity contribution in [2.45, 2.75) is 51.1 Å². The quantitative estimate of drug-likeness (QED) is 0.603. The van der Waals surface area contributed by atoms with E-state index in [1.165, 1.54) is 19.3 Å². The molecule has 0 radical (unpaired) electrons. The molecule has 1 atom stereocenters. The van der Waals surface area contributed by atoms with Gasteiger partial charge in [0.25, 0.3) is 0 Å². The van der Waals surface area contributed by atoms with Crippen LogP contribution in [0.2, 0.25) is 0 Å². The largest absolute Gasteiger partial charge is 0.350 e. The minimum atomic E-state index is -0.381. The maximum absolute atomic E-state index is 12.3. The van der Waals surface area contributed by atoms with Gasteiger partial charge in [-0.05, 0) is 58.8 Å². The molecule has 0 saturated carbocycles. The molecule has 3 aliphatic heterocycles. The third-order valence-corrected chi connectivity index (χ3v) is 5.94. The van der Waals surface area contributed by atoms with Crippen molar-refractivity contribution in [1.82, 2.24) is 25.5 Å². The Hall–Kier alpha value is -0.510. The predicted molar refractivity (Wildman–Crippen MR) is 120 cm³/mol. The number of piperidine rings is 2. The van der Waals surface area contributed by atoms with Gasteiger partial charge in [0, 0.05) is 32.2 Å². The third-order valence-electron chi connectivity index (χ3n) is 5.94. The monoisotopic (exact) mass is 475 g/mol. The van der Waals surface area contributed by atoms with E-state index >= 15 is 0 Å². The molecule has 3 saturated heterocycles. The number of hydrogen-bond acceptors (Lipinski definition) is 6. The molecule has 3 heterocycles. The van der Waals surface area contributed by atoms with Gasteiger partial charge >= 0.3 is 12.0 Å². The van der Waals surface area contributed by atoms with E-state index in [1.807, 2.05) is 6.92 Å². The molecule has 3 aliphatic rings. The number of halogens is 3. The fourth-order valence-corrected chi connectivity index (χ4v) is 4.16. The zero-order valence-electron chi connectivity index (χ0n) is 17.1. The van der Waals surface area contributed by atoms with Crippen molar-refractivity contribution in [1.29, 1.82) is 0 Å². The van der Waals surface area contributed by atoms with E-state index in [-0.39, 0.29) is 55.3 Å². The molecule has 0 bridgehead atoms. The molecule has 8 nitrogen and oxygen atoms in total. The summed E-state index contributed by atoms with van der Waals surface area (Å²) < 4.78 is 0. The van der Waals surface area contributed by atoms with Gasteiger partial charge in [-0.15, -0.1) is 37.2 Å². The number of carbonyl (C=O) groups excluding carboxylic acids is 2. The molecular formula is C18H36Cl3N5O3. The lowest BCUT2D eigenvalue weighted by molar-refractivity contribution is -0.155. The second-order valence-corrected chi connectivity index (χ2v) is 7.61. The highest BCUT2D eigenvalue weighted by Gasteiger charge is 2.29. The predicted octanol–water partition coefficient (Wildman–Crippen LogP) is 1.66. The van der Waals surface area contributed by atoms with Crippen LogP contribution in [0.4, 0.5) is 4.79 Å². The molecule has 3 fully saturated rings. The smallest absolute Gasteiger partial charge is 0.338 e. The van der Waals surface area contributed by atoms with Crippen LogP contribution in [0.1, 0.15) is 39.0 Å². The van der Waals surface area contributed by atoms with E-state index in [0.717, 1.165) is 52.1 Å². The highest BCUT2D eigenvalue weighted by Crippen LogP contribution is 2.15. The van der Waals surface area contributed by atoms with Crippen LogP contribution in [-0.2, 0) is 9.63 Å². The highest BCUT2D eigenvalue weighted by molar-refractivity contribution is 5.86. The zero-order chi connectivity index (χ0) is 18.4. The second-order valence-electron chi connectivity index (χ2n) is 7.61. The summed E-state index contributed by atoms with van der Waals surface area (Å²) in [5, 5.41) is 3.39. The van der Waals surface area contributed by atoms with E-state index in [1.54, 1.807) is 4.90 Å². The van der Waals surface area contributed by atoms with E-state index in [9.17, 15) is 9.59 Å². The van der Waals surface area contributed by atoms with Crippen LogP contribution in [0, 0.1) is 0 Å².